The first kappa shape index (κ1) is 15.5. The molecule has 2 amide bonds. The number of para-hydroxylation sites is 2. The van der Waals surface area contributed by atoms with Gasteiger partial charge in [-0.15, -0.1) is 0 Å². The standard InChI is InChI=1S/C14H13N5O.C2H6/c15-18-14(20)17-10-5-7-11(8-6-10)19-9-16-12-3-1-2-4-13(12)19;1-2/h1-9H,15H2,(H2,17,18,20);1-2H3. The number of fused-ring (bicyclic) bond motifs is 1. The summed E-state index contributed by atoms with van der Waals surface area (Å²) in [5.41, 5.74) is 5.63. The molecule has 1 aromatic heterocycles. The van der Waals surface area contributed by atoms with E-state index in [1.165, 1.54) is 0 Å². The summed E-state index contributed by atoms with van der Waals surface area (Å²) in [6.07, 6.45) is 1.78. The van der Waals surface area contributed by atoms with Crippen molar-refractivity contribution >= 4 is 22.8 Å². The first-order chi connectivity index (χ1) is 10.8. The number of carbonyl (C=O) groups is 1. The number of carbonyl (C=O) groups excluding carboxylic acids is 1. The minimum Gasteiger partial charge on any atom is -0.307 e. The molecule has 0 saturated heterocycles. The molecule has 114 valence electrons. The normalized spacial score (nSPS) is 9.77. The zero-order chi connectivity index (χ0) is 15.9. The second-order valence-corrected chi connectivity index (χ2v) is 4.25. The number of aromatic nitrogens is 2. The summed E-state index contributed by atoms with van der Waals surface area (Å²) in [4.78, 5) is 15.5. The van der Waals surface area contributed by atoms with Crippen LogP contribution in [0.1, 0.15) is 13.8 Å². The average molecular weight is 297 g/mol. The van der Waals surface area contributed by atoms with Gasteiger partial charge in [-0.05, 0) is 36.4 Å². The minimum atomic E-state index is -0.453. The Morgan fingerprint density at radius 1 is 1.09 bits per heavy atom. The quantitative estimate of drug-likeness (QED) is 0.386. The summed E-state index contributed by atoms with van der Waals surface area (Å²) < 4.78 is 1.99. The van der Waals surface area contributed by atoms with Gasteiger partial charge < -0.3 is 5.32 Å². The van der Waals surface area contributed by atoms with Gasteiger partial charge in [-0.1, -0.05) is 26.0 Å². The summed E-state index contributed by atoms with van der Waals surface area (Å²) >= 11 is 0. The van der Waals surface area contributed by atoms with Gasteiger partial charge in [0.25, 0.3) is 0 Å². The SMILES string of the molecule is CC.NNC(=O)Nc1ccc(-n2cnc3ccccc32)cc1. The van der Waals surface area contributed by atoms with E-state index in [0.29, 0.717) is 5.69 Å². The number of rotatable bonds is 2. The molecule has 3 rings (SSSR count). The van der Waals surface area contributed by atoms with E-state index in [1.54, 1.807) is 18.5 Å². The fraction of sp³-hybridized carbons (Fsp3) is 0.125. The van der Waals surface area contributed by atoms with Crippen molar-refractivity contribution < 1.29 is 4.79 Å². The van der Waals surface area contributed by atoms with Crippen LogP contribution >= 0.6 is 0 Å². The molecule has 2 aromatic carbocycles. The molecule has 6 heteroatoms. The highest BCUT2D eigenvalue weighted by atomic mass is 16.2. The molecule has 1 heterocycles. The number of nitrogens with two attached hydrogens (primary N) is 1. The largest absolute Gasteiger partial charge is 0.333 e. The third-order valence-corrected chi connectivity index (χ3v) is 2.99. The highest BCUT2D eigenvalue weighted by Gasteiger charge is 2.04. The maximum atomic E-state index is 11.1. The van der Waals surface area contributed by atoms with Crippen molar-refractivity contribution in [1.82, 2.24) is 15.0 Å². The Morgan fingerprint density at radius 2 is 1.77 bits per heavy atom. The zero-order valence-electron chi connectivity index (χ0n) is 12.6. The van der Waals surface area contributed by atoms with E-state index in [-0.39, 0.29) is 0 Å². The summed E-state index contributed by atoms with van der Waals surface area (Å²) in [6.45, 7) is 4.00. The van der Waals surface area contributed by atoms with Crippen LogP contribution in [0.5, 0.6) is 0 Å². The fourth-order valence-corrected chi connectivity index (χ4v) is 2.04. The van der Waals surface area contributed by atoms with Gasteiger partial charge in [0, 0.05) is 11.4 Å². The first-order valence-electron chi connectivity index (χ1n) is 7.08. The van der Waals surface area contributed by atoms with E-state index in [0.717, 1.165) is 16.7 Å². The first-order valence-corrected chi connectivity index (χ1v) is 7.08. The Morgan fingerprint density at radius 3 is 2.45 bits per heavy atom. The number of amides is 2. The average Bonchev–Trinajstić information content (AvgIpc) is 3.01. The number of hydrogen-bond donors (Lipinski definition) is 3. The van der Waals surface area contributed by atoms with Crippen molar-refractivity contribution in [2.24, 2.45) is 5.84 Å². The van der Waals surface area contributed by atoms with Crippen LogP contribution in [0.3, 0.4) is 0 Å². The van der Waals surface area contributed by atoms with Crippen molar-refractivity contribution in [3.63, 3.8) is 0 Å². The predicted octanol–water partition coefficient (Wildman–Crippen LogP) is 3.05. The molecular weight excluding hydrogens is 278 g/mol. The summed E-state index contributed by atoms with van der Waals surface area (Å²) in [5.74, 6) is 5.01. The van der Waals surface area contributed by atoms with Crippen LogP contribution in [0.4, 0.5) is 10.5 Å². The number of nitrogens with zero attached hydrogens (tertiary/aromatic N) is 2. The number of anilines is 1. The second kappa shape index (κ2) is 7.24. The van der Waals surface area contributed by atoms with Gasteiger partial charge in [0.15, 0.2) is 0 Å². The third-order valence-electron chi connectivity index (χ3n) is 2.99. The monoisotopic (exact) mass is 297 g/mol. The van der Waals surface area contributed by atoms with Crippen LogP contribution in [0, 0.1) is 0 Å². The van der Waals surface area contributed by atoms with Crippen LogP contribution in [0.15, 0.2) is 54.9 Å². The van der Waals surface area contributed by atoms with Crippen molar-refractivity contribution in [2.75, 3.05) is 5.32 Å². The Kier molecular flexibility index (Phi) is 5.11. The maximum absolute atomic E-state index is 11.1. The Bertz CT molecular complexity index is 749. The molecule has 6 nitrogen and oxygen atoms in total. The highest BCUT2D eigenvalue weighted by Crippen LogP contribution is 2.19. The van der Waals surface area contributed by atoms with Crippen molar-refractivity contribution in [2.45, 2.75) is 13.8 Å². The van der Waals surface area contributed by atoms with Crippen LogP contribution in [-0.4, -0.2) is 15.6 Å². The molecule has 0 unspecified atom stereocenters. The molecule has 22 heavy (non-hydrogen) atoms. The zero-order valence-corrected chi connectivity index (χ0v) is 12.6. The molecule has 3 aromatic rings. The number of benzene rings is 2. The lowest BCUT2D eigenvalue weighted by Crippen LogP contribution is -2.34. The summed E-state index contributed by atoms with van der Waals surface area (Å²) in [6, 6.07) is 14.9. The molecule has 0 fully saturated rings. The van der Waals surface area contributed by atoms with Gasteiger partial charge in [-0.2, -0.15) is 0 Å². The van der Waals surface area contributed by atoms with Crippen molar-refractivity contribution in [3.8, 4) is 5.69 Å². The number of imidazole rings is 1. The number of hydrogen-bond acceptors (Lipinski definition) is 3. The Labute approximate surface area is 128 Å². The van der Waals surface area contributed by atoms with Crippen molar-refractivity contribution in [1.29, 1.82) is 0 Å². The lowest BCUT2D eigenvalue weighted by molar-refractivity contribution is 0.252. The van der Waals surface area contributed by atoms with E-state index in [2.05, 4.69) is 10.3 Å². The number of hydrazine groups is 1. The lowest BCUT2D eigenvalue weighted by Gasteiger charge is -2.07. The van der Waals surface area contributed by atoms with Gasteiger partial charge in [0.1, 0.15) is 6.33 Å². The van der Waals surface area contributed by atoms with E-state index < -0.39 is 6.03 Å². The summed E-state index contributed by atoms with van der Waals surface area (Å²) in [5, 5.41) is 2.60. The van der Waals surface area contributed by atoms with Crippen LogP contribution in [0.25, 0.3) is 16.7 Å². The molecule has 0 radical (unpaired) electrons. The van der Waals surface area contributed by atoms with Crippen LogP contribution in [-0.2, 0) is 0 Å². The Hall–Kier alpha value is -2.86. The molecule has 0 saturated carbocycles. The second-order valence-electron chi connectivity index (χ2n) is 4.25. The Balaban J connectivity index is 0.000000847. The molecule has 0 bridgehead atoms. The maximum Gasteiger partial charge on any atom is 0.333 e. The van der Waals surface area contributed by atoms with E-state index in [1.807, 2.05) is 60.2 Å². The van der Waals surface area contributed by atoms with Crippen LogP contribution in [0.2, 0.25) is 0 Å². The smallest absolute Gasteiger partial charge is 0.307 e. The van der Waals surface area contributed by atoms with Crippen molar-refractivity contribution in [3.05, 3.63) is 54.9 Å². The lowest BCUT2D eigenvalue weighted by atomic mass is 10.2. The molecule has 0 aliphatic heterocycles. The van der Waals surface area contributed by atoms with E-state index in [4.69, 9.17) is 5.84 Å². The molecule has 0 aliphatic rings. The number of urea groups is 1. The molecule has 0 atom stereocenters. The summed E-state index contributed by atoms with van der Waals surface area (Å²) in [7, 11) is 0. The fourth-order valence-electron chi connectivity index (χ4n) is 2.04. The third kappa shape index (κ3) is 3.24. The van der Waals surface area contributed by atoms with Gasteiger partial charge in [-0.25, -0.2) is 15.6 Å². The van der Waals surface area contributed by atoms with Crippen LogP contribution < -0.4 is 16.6 Å². The molecular formula is C16H19N5O. The highest BCUT2D eigenvalue weighted by molar-refractivity contribution is 5.88. The van der Waals surface area contributed by atoms with E-state index >= 15 is 0 Å². The minimum absolute atomic E-state index is 0.453. The molecule has 0 spiro atoms. The van der Waals surface area contributed by atoms with Gasteiger partial charge in [-0.3, -0.25) is 9.99 Å². The van der Waals surface area contributed by atoms with Gasteiger partial charge in [0.05, 0.1) is 11.0 Å². The van der Waals surface area contributed by atoms with E-state index in [9.17, 15) is 4.79 Å². The number of nitrogens with one attached hydrogen (secondary N) is 2. The van der Waals surface area contributed by atoms with Gasteiger partial charge >= 0.3 is 6.03 Å². The molecule has 0 aliphatic carbocycles. The topological polar surface area (TPSA) is 85.0 Å². The van der Waals surface area contributed by atoms with Gasteiger partial charge in [0.2, 0.25) is 0 Å². The molecule has 4 N–H and O–H groups in total. The predicted molar refractivity (Wildman–Crippen MR) is 88.8 cm³/mol.